The molecule has 0 aliphatic carbocycles. The van der Waals surface area contributed by atoms with Crippen LogP contribution in [0.4, 0.5) is 0 Å². The standard InChI is InChI=1S/C12H16N2O4S2/c1-18-13-12(15)11-7-19-9-14(11)20(16,17)8-10-5-3-2-4-6-10/h2-6,11H,7-9H2,1H3,(H,13,15). The third-order valence-corrected chi connectivity index (χ3v) is 5.87. The van der Waals surface area contributed by atoms with E-state index in [1.165, 1.54) is 23.2 Å². The fourth-order valence-corrected chi connectivity index (χ4v) is 5.26. The van der Waals surface area contributed by atoms with Gasteiger partial charge in [0.05, 0.1) is 18.7 Å². The fourth-order valence-electron chi connectivity index (χ4n) is 1.94. The van der Waals surface area contributed by atoms with Crippen molar-refractivity contribution in [3.8, 4) is 0 Å². The van der Waals surface area contributed by atoms with Crippen molar-refractivity contribution in [3.05, 3.63) is 35.9 Å². The summed E-state index contributed by atoms with van der Waals surface area (Å²) < 4.78 is 26.1. The molecular weight excluding hydrogens is 300 g/mol. The Bertz CT molecular complexity index is 562. The van der Waals surface area contributed by atoms with Crippen LogP contribution in [0.5, 0.6) is 0 Å². The van der Waals surface area contributed by atoms with Crippen molar-refractivity contribution in [2.75, 3.05) is 18.7 Å². The van der Waals surface area contributed by atoms with Crippen molar-refractivity contribution in [2.45, 2.75) is 11.8 Å². The van der Waals surface area contributed by atoms with Crippen LogP contribution < -0.4 is 5.48 Å². The predicted octanol–water partition coefficient (Wildman–Crippen LogP) is 0.569. The number of hydrogen-bond donors (Lipinski definition) is 1. The second kappa shape index (κ2) is 6.57. The summed E-state index contributed by atoms with van der Waals surface area (Å²) >= 11 is 1.41. The molecule has 1 fully saturated rings. The van der Waals surface area contributed by atoms with E-state index in [1.54, 1.807) is 24.3 Å². The molecule has 1 aliphatic heterocycles. The third kappa shape index (κ3) is 3.51. The summed E-state index contributed by atoms with van der Waals surface area (Å²) in [7, 11) is -2.21. The van der Waals surface area contributed by atoms with E-state index in [4.69, 9.17) is 0 Å². The summed E-state index contributed by atoms with van der Waals surface area (Å²) in [5.41, 5.74) is 2.90. The molecule has 1 amide bonds. The first kappa shape index (κ1) is 15.3. The van der Waals surface area contributed by atoms with E-state index in [2.05, 4.69) is 10.3 Å². The highest BCUT2D eigenvalue weighted by Gasteiger charge is 2.39. The second-order valence-corrected chi connectivity index (χ2v) is 7.24. The molecule has 1 N–H and O–H groups in total. The Balaban J connectivity index is 2.14. The minimum Gasteiger partial charge on any atom is -0.277 e. The van der Waals surface area contributed by atoms with Gasteiger partial charge in [0.1, 0.15) is 6.04 Å². The zero-order valence-corrected chi connectivity index (χ0v) is 12.6. The number of sulfonamides is 1. The van der Waals surface area contributed by atoms with Crippen molar-refractivity contribution in [2.24, 2.45) is 0 Å². The van der Waals surface area contributed by atoms with Gasteiger partial charge in [0.15, 0.2) is 0 Å². The quantitative estimate of drug-likeness (QED) is 0.804. The van der Waals surface area contributed by atoms with Crippen molar-refractivity contribution >= 4 is 27.7 Å². The van der Waals surface area contributed by atoms with Gasteiger partial charge in [-0.1, -0.05) is 30.3 Å². The van der Waals surface area contributed by atoms with Crippen LogP contribution in [0.1, 0.15) is 5.56 Å². The summed E-state index contributed by atoms with van der Waals surface area (Å²) in [5.74, 6) is 0.180. The van der Waals surface area contributed by atoms with Gasteiger partial charge in [-0.2, -0.15) is 4.31 Å². The van der Waals surface area contributed by atoms with Gasteiger partial charge in [0.25, 0.3) is 5.91 Å². The molecule has 1 aromatic carbocycles. The van der Waals surface area contributed by atoms with Gasteiger partial charge in [-0.3, -0.25) is 9.63 Å². The summed E-state index contributed by atoms with van der Waals surface area (Å²) in [6, 6.07) is 8.21. The number of thioether (sulfide) groups is 1. The number of rotatable bonds is 5. The number of carbonyl (C=O) groups excluding carboxylic acids is 1. The van der Waals surface area contributed by atoms with Gasteiger partial charge < -0.3 is 0 Å². The molecule has 1 heterocycles. The second-order valence-electron chi connectivity index (χ2n) is 4.32. The lowest BCUT2D eigenvalue weighted by Gasteiger charge is -2.22. The zero-order chi connectivity index (χ0) is 14.6. The molecule has 110 valence electrons. The SMILES string of the molecule is CONC(=O)C1CSCN1S(=O)(=O)Cc1ccccc1. The van der Waals surface area contributed by atoms with Gasteiger partial charge in [-0.05, 0) is 5.56 Å². The molecule has 0 saturated carbocycles. The molecule has 1 unspecified atom stereocenters. The van der Waals surface area contributed by atoms with Gasteiger partial charge >= 0.3 is 0 Å². The molecule has 2 rings (SSSR count). The van der Waals surface area contributed by atoms with Crippen LogP contribution in [0, 0.1) is 0 Å². The zero-order valence-electron chi connectivity index (χ0n) is 11.0. The van der Waals surface area contributed by atoms with Gasteiger partial charge in [0, 0.05) is 5.75 Å². The molecule has 0 aromatic heterocycles. The average molecular weight is 316 g/mol. The normalized spacial score (nSPS) is 19.9. The molecule has 1 atom stereocenters. The number of carbonyl (C=O) groups is 1. The average Bonchev–Trinajstić information content (AvgIpc) is 2.90. The van der Waals surface area contributed by atoms with Crippen LogP contribution in [0.3, 0.4) is 0 Å². The lowest BCUT2D eigenvalue weighted by atomic mass is 10.2. The van der Waals surface area contributed by atoms with Crippen molar-refractivity contribution in [1.29, 1.82) is 0 Å². The number of hydroxylamine groups is 1. The lowest BCUT2D eigenvalue weighted by Crippen LogP contribution is -2.47. The summed E-state index contributed by atoms with van der Waals surface area (Å²) in [4.78, 5) is 16.4. The topological polar surface area (TPSA) is 75.7 Å². The van der Waals surface area contributed by atoms with Gasteiger partial charge in [-0.15, -0.1) is 11.8 Å². The van der Waals surface area contributed by atoms with Crippen LogP contribution >= 0.6 is 11.8 Å². The fraction of sp³-hybridized carbons (Fsp3) is 0.417. The molecular formula is C12H16N2O4S2. The number of amides is 1. The summed E-state index contributed by atoms with van der Waals surface area (Å²) in [6.45, 7) is 0. The molecule has 1 aliphatic rings. The minimum absolute atomic E-state index is 0.106. The maximum atomic E-state index is 12.4. The highest BCUT2D eigenvalue weighted by atomic mass is 32.2. The Morgan fingerprint density at radius 3 is 2.80 bits per heavy atom. The largest absolute Gasteiger partial charge is 0.277 e. The lowest BCUT2D eigenvalue weighted by molar-refractivity contribution is -0.134. The van der Waals surface area contributed by atoms with Crippen molar-refractivity contribution < 1.29 is 18.0 Å². The molecule has 0 spiro atoms. The van der Waals surface area contributed by atoms with E-state index in [0.717, 1.165) is 0 Å². The molecule has 1 aromatic rings. The van der Waals surface area contributed by atoms with E-state index in [9.17, 15) is 13.2 Å². The molecule has 8 heteroatoms. The Morgan fingerprint density at radius 1 is 1.45 bits per heavy atom. The van der Waals surface area contributed by atoms with Gasteiger partial charge in [-0.25, -0.2) is 13.9 Å². The smallest absolute Gasteiger partial charge is 0.262 e. The highest BCUT2D eigenvalue weighted by molar-refractivity contribution is 8.00. The van der Waals surface area contributed by atoms with Crippen LogP contribution in [-0.4, -0.2) is 43.4 Å². The Labute approximate surface area is 122 Å². The van der Waals surface area contributed by atoms with Gasteiger partial charge in [0.2, 0.25) is 10.0 Å². The van der Waals surface area contributed by atoms with E-state index in [-0.39, 0.29) is 11.6 Å². The van der Waals surface area contributed by atoms with Crippen molar-refractivity contribution in [1.82, 2.24) is 9.79 Å². The molecule has 0 bridgehead atoms. The van der Waals surface area contributed by atoms with E-state index < -0.39 is 22.0 Å². The van der Waals surface area contributed by atoms with Crippen molar-refractivity contribution in [3.63, 3.8) is 0 Å². The summed E-state index contributed by atoms with van der Waals surface area (Å²) in [5, 5.41) is 0. The Morgan fingerprint density at radius 2 is 2.15 bits per heavy atom. The van der Waals surface area contributed by atoms with Crippen LogP contribution in [-0.2, 0) is 25.4 Å². The first-order chi connectivity index (χ1) is 9.54. The first-order valence-electron chi connectivity index (χ1n) is 5.98. The number of nitrogens with zero attached hydrogens (tertiary/aromatic N) is 1. The number of benzene rings is 1. The molecule has 20 heavy (non-hydrogen) atoms. The molecule has 1 saturated heterocycles. The maximum Gasteiger partial charge on any atom is 0.262 e. The minimum atomic E-state index is -3.53. The monoisotopic (exact) mass is 316 g/mol. The van der Waals surface area contributed by atoms with Crippen LogP contribution in [0.15, 0.2) is 30.3 Å². The maximum absolute atomic E-state index is 12.4. The van der Waals surface area contributed by atoms with E-state index >= 15 is 0 Å². The Hall–Kier alpha value is -1.09. The number of nitrogens with one attached hydrogen (secondary N) is 1. The van der Waals surface area contributed by atoms with Crippen LogP contribution in [0.25, 0.3) is 0 Å². The van der Waals surface area contributed by atoms with E-state index in [1.807, 2.05) is 6.07 Å². The molecule has 6 nitrogen and oxygen atoms in total. The first-order valence-corrected chi connectivity index (χ1v) is 8.75. The highest BCUT2D eigenvalue weighted by Crippen LogP contribution is 2.26. The Kier molecular flexibility index (Phi) is 5.03. The molecule has 0 radical (unpaired) electrons. The predicted molar refractivity (Wildman–Crippen MR) is 77.2 cm³/mol. The van der Waals surface area contributed by atoms with E-state index in [0.29, 0.717) is 11.3 Å². The third-order valence-electron chi connectivity index (χ3n) is 2.90. The van der Waals surface area contributed by atoms with Crippen LogP contribution in [0.2, 0.25) is 0 Å². The number of hydrogen-bond acceptors (Lipinski definition) is 5. The summed E-state index contributed by atoms with van der Waals surface area (Å²) in [6.07, 6.45) is 0.